The third-order valence-corrected chi connectivity index (χ3v) is 9.68. The first-order chi connectivity index (χ1) is 19.6. The second-order valence-corrected chi connectivity index (χ2v) is 12.6. The van der Waals surface area contributed by atoms with Gasteiger partial charge in [-0.25, -0.2) is 0 Å². The van der Waals surface area contributed by atoms with E-state index in [4.69, 9.17) is 4.74 Å². The lowest BCUT2D eigenvalue weighted by Gasteiger charge is -2.39. The first-order valence-electron chi connectivity index (χ1n) is 14.0. The van der Waals surface area contributed by atoms with Crippen LogP contribution in [0, 0.1) is 5.92 Å². The Morgan fingerprint density at radius 2 is 1.75 bits per heavy atom. The van der Waals surface area contributed by atoms with E-state index in [-0.39, 0.29) is 17.4 Å². The quantitative estimate of drug-likeness (QED) is 0.211. The molecule has 6 rings (SSSR count). The van der Waals surface area contributed by atoms with E-state index in [1.807, 2.05) is 42.5 Å². The number of nitrogens with one attached hydrogen (secondary N) is 1. The summed E-state index contributed by atoms with van der Waals surface area (Å²) < 4.78 is 7.08. The molecule has 1 N–H and O–H groups in total. The zero-order chi connectivity index (χ0) is 27.5. The summed E-state index contributed by atoms with van der Waals surface area (Å²) in [6, 6.07) is 31.1. The van der Waals surface area contributed by atoms with E-state index >= 15 is 0 Å². The van der Waals surface area contributed by atoms with Crippen LogP contribution in [0.15, 0.2) is 100 Å². The Hall–Kier alpha value is -3.22. The SMILES string of the molecule is C[C@H]1CCCC[C@@H]1N1C(=O)/C(=C/c2ccc(OCc3cccc4ccccc34)c(Br)c2)SC1Nc1ccccc1. The van der Waals surface area contributed by atoms with Crippen molar-refractivity contribution >= 4 is 56.1 Å². The van der Waals surface area contributed by atoms with Crippen molar-refractivity contribution < 1.29 is 9.53 Å². The maximum Gasteiger partial charge on any atom is 0.262 e. The van der Waals surface area contributed by atoms with Crippen LogP contribution in [0.1, 0.15) is 43.7 Å². The van der Waals surface area contributed by atoms with Gasteiger partial charge in [0.1, 0.15) is 12.4 Å². The van der Waals surface area contributed by atoms with Gasteiger partial charge in [0.2, 0.25) is 0 Å². The Labute approximate surface area is 248 Å². The van der Waals surface area contributed by atoms with Gasteiger partial charge in [-0.1, -0.05) is 98.3 Å². The van der Waals surface area contributed by atoms with Gasteiger partial charge >= 0.3 is 0 Å². The molecule has 1 amide bonds. The van der Waals surface area contributed by atoms with Crippen LogP contribution in [0.25, 0.3) is 16.8 Å². The number of anilines is 1. The Bertz CT molecular complexity index is 1530. The molecule has 204 valence electrons. The van der Waals surface area contributed by atoms with Gasteiger partial charge in [-0.15, -0.1) is 0 Å². The zero-order valence-corrected chi connectivity index (χ0v) is 25.0. The van der Waals surface area contributed by atoms with Gasteiger partial charge in [0.15, 0.2) is 5.50 Å². The molecular weight excluding hydrogens is 580 g/mol. The summed E-state index contributed by atoms with van der Waals surface area (Å²) in [5, 5.41) is 6.03. The van der Waals surface area contributed by atoms with Crippen molar-refractivity contribution in [3.05, 3.63) is 112 Å². The number of halogens is 1. The van der Waals surface area contributed by atoms with Crippen LogP contribution >= 0.6 is 27.7 Å². The number of rotatable bonds is 7. The summed E-state index contributed by atoms with van der Waals surface area (Å²) in [6.45, 7) is 2.77. The molecule has 3 atom stereocenters. The molecule has 1 aliphatic heterocycles. The van der Waals surface area contributed by atoms with Gasteiger partial charge in [0.25, 0.3) is 5.91 Å². The lowest BCUT2D eigenvalue weighted by Crippen LogP contribution is -2.48. The molecule has 4 aromatic rings. The monoisotopic (exact) mass is 612 g/mol. The minimum atomic E-state index is -0.126. The Morgan fingerprint density at radius 1 is 0.975 bits per heavy atom. The van der Waals surface area contributed by atoms with Crippen LogP contribution in [0.4, 0.5) is 5.69 Å². The van der Waals surface area contributed by atoms with Crippen molar-refractivity contribution in [1.82, 2.24) is 4.90 Å². The second-order valence-electron chi connectivity index (χ2n) is 10.6. The van der Waals surface area contributed by atoms with Crippen LogP contribution in [-0.4, -0.2) is 22.3 Å². The highest BCUT2D eigenvalue weighted by molar-refractivity contribution is 9.10. The van der Waals surface area contributed by atoms with Crippen molar-refractivity contribution in [2.45, 2.75) is 50.8 Å². The molecule has 4 nitrogen and oxygen atoms in total. The van der Waals surface area contributed by atoms with E-state index in [0.29, 0.717) is 12.5 Å². The fourth-order valence-electron chi connectivity index (χ4n) is 5.82. The molecule has 1 aliphatic carbocycles. The van der Waals surface area contributed by atoms with Crippen molar-refractivity contribution in [3.63, 3.8) is 0 Å². The van der Waals surface area contributed by atoms with Gasteiger partial charge in [-0.05, 0) is 86.9 Å². The number of hydrogen-bond donors (Lipinski definition) is 1. The summed E-state index contributed by atoms with van der Waals surface area (Å²) >= 11 is 5.32. The maximum absolute atomic E-state index is 13.8. The van der Waals surface area contributed by atoms with Gasteiger partial charge in [0.05, 0.1) is 9.38 Å². The third-order valence-electron chi connectivity index (χ3n) is 7.94. The highest BCUT2D eigenvalue weighted by atomic mass is 79.9. The lowest BCUT2D eigenvalue weighted by atomic mass is 9.85. The van der Waals surface area contributed by atoms with Crippen molar-refractivity contribution in [2.75, 3.05) is 5.32 Å². The number of hydrogen-bond acceptors (Lipinski definition) is 4. The molecule has 6 heteroatoms. The molecule has 40 heavy (non-hydrogen) atoms. The topological polar surface area (TPSA) is 41.6 Å². The van der Waals surface area contributed by atoms with Gasteiger partial charge in [-0.2, -0.15) is 0 Å². The minimum Gasteiger partial charge on any atom is -0.488 e. The van der Waals surface area contributed by atoms with Crippen molar-refractivity contribution in [1.29, 1.82) is 0 Å². The van der Waals surface area contributed by atoms with E-state index in [1.165, 1.54) is 30.0 Å². The number of thioether (sulfide) groups is 1. The number of benzene rings is 4. The first-order valence-corrected chi connectivity index (χ1v) is 15.7. The Balaban J connectivity index is 1.21. The highest BCUT2D eigenvalue weighted by Crippen LogP contribution is 2.42. The highest BCUT2D eigenvalue weighted by Gasteiger charge is 2.42. The summed E-state index contributed by atoms with van der Waals surface area (Å²) in [7, 11) is 0. The third kappa shape index (κ3) is 5.79. The number of amides is 1. The maximum atomic E-state index is 13.8. The van der Waals surface area contributed by atoms with E-state index in [9.17, 15) is 4.79 Å². The zero-order valence-electron chi connectivity index (χ0n) is 22.6. The molecule has 0 aromatic heterocycles. The predicted molar refractivity (Wildman–Crippen MR) is 170 cm³/mol. The summed E-state index contributed by atoms with van der Waals surface area (Å²) in [5.41, 5.74) is 3.02. The van der Waals surface area contributed by atoms with Crippen LogP contribution in [0.5, 0.6) is 5.75 Å². The largest absolute Gasteiger partial charge is 0.488 e. The molecule has 1 saturated heterocycles. The normalized spacial score (nSPS) is 22.1. The molecule has 0 spiro atoms. The van der Waals surface area contributed by atoms with Crippen LogP contribution in [0.3, 0.4) is 0 Å². The number of para-hydroxylation sites is 1. The predicted octanol–water partition coefficient (Wildman–Crippen LogP) is 9.07. The molecule has 1 saturated carbocycles. The number of carbonyl (C=O) groups is 1. The number of ether oxygens (including phenoxy) is 1. The molecule has 4 aromatic carbocycles. The smallest absolute Gasteiger partial charge is 0.262 e. The van der Waals surface area contributed by atoms with Crippen molar-refractivity contribution in [3.8, 4) is 5.75 Å². The molecule has 0 bridgehead atoms. The lowest BCUT2D eigenvalue weighted by molar-refractivity contribution is -0.129. The van der Waals surface area contributed by atoms with Crippen LogP contribution in [-0.2, 0) is 11.4 Å². The number of nitrogens with zero attached hydrogens (tertiary/aromatic N) is 1. The van der Waals surface area contributed by atoms with Gasteiger partial charge in [0, 0.05) is 11.7 Å². The summed E-state index contributed by atoms with van der Waals surface area (Å²) in [4.78, 5) is 16.7. The molecule has 1 heterocycles. The Morgan fingerprint density at radius 3 is 2.58 bits per heavy atom. The minimum absolute atomic E-state index is 0.115. The van der Waals surface area contributed by atoms with Crippen molar-refractivity contribution in [2.24, 2.45) is 5.92 Å². The fraction of sp³-hybridized carbons (Fsp3) is 0.265. The number of carbonyl (C=O) groups excluding carboxylic acids is 1. The summed E-state index contributed by atoms with van der Waals surface area (Å²) in [5.74, 6) is 1.39. The Kier molecular flexibility index (Phi) is 8.17. The molecule has 1 unspecified atom stereocenters. The molecular formula is C34H33BrN2O2S. The number of fused-ring (bicyclic) bond motifs is 1. The van der Waals surface area contributed by atoms with Crippen LogP contribution in [0.2, 0.25) is 0 Å². The molecule has 2 fully saturated rings. The molecule has 2 aliphatic rings. The van der Waals surface area contributed by atoms with E-state index in [0.717, 1.165) is 38.4 Å². The average molecular weight is 614 g/mol. The van der Waals surface area contributed by atoms with Gasteiger partial charge in [-0.3, -0.25) is 4.79 Å². The fourth-order valence-corrected chi connectivity index (χ4v) is 7.54. The van der Waals surface area contributed by atoms with E-state index < -0.39 is 0 Å². The summed E-state index contributed by atoms with van der Waals surface area (Å²) in [6.07, 6.45) is 6.66. The average Bonchev–Trinajstić information content (AvgIpc) is 3.27. The van der Waals surface area contributed by atoms with E-state index in [2.05, 4.69) is 87.7 Å². The second kappa shape index (κ2) is 12.1. The first kappa shape index (κ1) is 27.0. The van der Waals surface area contributed by atoms with E-state index in [1.54, 1.807) is 11.8 Å². The van der Waals surface area contributed by atoms with Gasteiger partial charge < -0.3 is 15.0 Å². The van der Waals surface area contributed by atoms with Crippen LogP contribution < -0.4 is 10.1 Å². The molecule has 0 radical (unpaired) electrons. The standard InChI is InChI=1S/C34H33BrN2O2S/c1-23-10-5-8-17-30(23)37-33(38)32(40-34(37)36-27-14-3-2-4-15-27)21-24-18-19-31(29(35)20-24)39-22-26-13-9-12-25-11-6-7-16-28(25)26/h2-4,6-7,9,11-16,18-21,23,30,34,36H,5,8,10,17,22H2,1H3/b32-21-/t23-,30-,34?/m0/s1.